The Morgan fingerprint density at radius 2 is 2.03 bits per heavy atom. The molecule has 1 aliphatic heterocycles. The van der Waals surface area contributed by atoms with Crippen molar-refractivity contribution in [2.24, 2.45) is 0 Å². The van der Waals surface area contributed by atoms with Crippen molar-refractivity contribution >= 4 is 22.6 Å². The lowest BCUT2D eigenvalue weighted by Gasteiger charge is -2.28. The summed E-state index contributed by atoms with van der Waals surface area (Å²) in [4.78, 5) is 34.9. The van der Waals surface area contributed by atoms with Gasteiger partial charge in [0.1, 0.15) is 17.0 Å². The molecule has 9 heteroatoms. The normalized spacial score (nSPS) is 18.2. The van der Waals surface area contributed by atoms with Crippen LogP contribution in [0.4, 0.5) is 0 Å². The lowest BCUT2D eigenvalue weighted by Crippen LogP contribution is -2.48. The molecular formula is C23H23N3O6. The van der Waals surface area contributed by atoms with E-state index in [1.165, 1.54) is 26.5 Å². The third-order valence-corrected chi connectivity index (χ3v) is 5.35. The third kappa shape index (κ3) is 4.25. The van der Waals surface area contributed by atoms with Crippen LogP contribution in [-0.2, 0) is 4.74 Å². The summed E-state index contributed by atoms with van der Waals surface area (Å²) in [6.07, 6.45) is 1.09. The van der Waals surface area contributed by atoms with Gasteiger partial charge in [-0.25, -0.2) is 9.97 Å². The lowest BCUT2D eigenvalue weighted by atomic mass is 9.99. The van der Waals surface area contributed by atoms with E-state index in [1.54, 1.807) is 30.3 Å². The number of hydrogen-bond acceptors (Lipinski definition) is 8. The van der Waals surface area contributed by atoms with E-state index in [4.69, 9.17) is 14.2 Å². The highest BCUT2D eigenvalue weighted by Gasteiger charge is 2.27. The first kappa shape index (κ1) is 21.7. The third-order valence-electron chi connectivity index (χ3n) is 5.35. The SMILES string of the molecule is COc1ccc(C(=O)c2cc(C(=O)N[C@H]3CCOC[C@@H]3O)nc3c(OC)cccc23)cn1. The zero-order valence-electron chi connectivity index (χ0n) is 17.7. The molecule has 1 aliphatic rings. The van der Waals surface area contributed by atoms with Crippen LogP contribution < -0.4 is 14.8 Å². The van der Waals surface area contributed by atoms with Crippen molar-refractivity contribution in [1.82, 2.24) is 15.3 Å². The number of rotatable bonds is 6. The van der Waals surface area contributed by atoms with Gasteiger partial charge in [0.2, 0.25) is 5.88 Å². The number of aliphatic hydroxyl groups is 1. The molecule has 1 aromatic carbocycles. The van der Waals surface area contributed by atoms with Crippen LogP contribution in [0.5, 0.6) is 11.6 Å². The van der Waals surface area contributed by atoms with E-state index in [1.807, 2.05) is 0 Å². The number of ether oxygens (including phenoxy) is 3. The smallest absolute Gasteiger partial charge is 0.270 e. The minimum atomic E-state index is -0.811. The first-order valence-electron chi connectivity index (χ1n) is 10.1. The molecule has 166 valence electrons. The van der Waals surface area contributed by atoms with Crippen LogP contribution in [0.25, 0.3) is 10.9 Å². The summed E-state index contributed by atoms with van der Waals surface area (Å²) in [5.41, 5.74) is 1.07. The molecule has 0 unspecified atom stereocenters. The molecule has 0 saturated carbocycles. The van der Waals surface area contributed by atoms with Crippen molar-refractivity contribution in [2.75, 3.05) is 27.4 Å². The van der Waals surface area contributed by atoms with E-state index in [9.17, 15) is 14.7 Å². The first-order chi connectivity index (χ1) is 15.5. The predicted molar refractivity (Wildman–Crippen MR) is 115 cm³/mol. The van der Waals surface area contributed by atoms with E-state index in [2.05, 4.69) is 15.3 Å². The summed E-state index contributed by atoms with van der Waals surface area (Å²) in [5, 5.41) is 13.4. The van der Waals surface area contributed by atoms with Crippen LogP contribution in [-0.4, -0.2) is 66.3 Å². The number of para-hydroxylation sites is 1. The van der Waals surface area contributed by atoms with E-state index < -0.39 is 18.1 Å². The maximum absolute atomic E-state index is 13.3. The number of benzene rings is 1. The molecule has 9 nitrogen and oxygen atoms in total. The Kier molecular flexibility index (Phi) is 6.29. The highest BCUT2D eigenvalue weighted by molar-refractivity contribution is 6.17. The predicted octanol–water partition coefficient (Wildman–Crippen LogP) is 1.76. The fourth-order valence-corrected chi connectivity index (χ4v) is 3.62. The number of methoxy groups -OCH3 is 2. The van der Waals surface area contributed by atoms with Crippen molar-refractivity contribution in [3.8, 4) is 11.6 Å². The second kappa shape index (κ2) is 9.29. The molecule has 32 heavy (non-hydrogen) atoms. The number of aliphatic hydroxyl groups excluding tert-OH is 1. The lowest BCUT2D eigenvalue weighted by molar-refractivity contribution is -0.0261. The van der Waals surface area contributed by atoms with Crippen LogP contribution in [0.1, 0.15) is 32.8 Å². The summed E-state index contributed by atoms with van der Waals surface area (Å²) >= 11 is 0. The maximum atomic E-state index is 13.3. The van der Waals surface area contributed by atoms with Gasteiger partial charge in [-0.3, -0.25) is 9.59 Å². The number of fused-ring (bicyclic) bond motifs is 1. The molecule has 1 amide bonds. The Morgan fingerprint density at radius 1 is 1.19 bits per heavy atom. The Labute approximate surface area is 184 Å². The summed E-state index contributed by atoms with van der Waals surface area (Å²) in [6, 6.07) is 9.41. The van der Waals surface area contributed by atoms with Crippen molar-refractivity contribution in [3.63, 3.8) is 0 Å². The number of carbonyl (C=O) groups is 2. The zero-order valence-corrected chi connectivity index (χ0v) is 17.7. The molecule has 0 aliphatic carbocycles. The molecule has 1 saturated heterocycles. The van der Waals surface area contributed by atoms with Crippen LogP contribution in [0.3, 0.4) is 0 Å². The van der Waals surface area contributed by atoms with Gasteiger partial charge in [0.15, 0.2) is 5.78 Å². The van der Waals surface area contributed by atoms with E-state index >= 15 is 0 Å². The quantitative estimate of drug-likeness (QED) is 0.560. The van der Waals surface area contributed by atoms with Crippen LogP contribution in [0, 0.1) is 0 Å². The average molecular weight is 437 g/mol. The number of amides is 1. The molecule has 3 aromatic rings. The Morgan fingerprint density at radius 3 is 2.72 bits per heavy atom. The number of nitrogens with one attached hydrogen (secondary N) is 1. The first-order valence-corrected chi connectivity index (χ1v) is 10.1. The molecule has 2 N–H and O–H groups in total. The number of aromatic nitrogens is 2. The molecule has 0 bridgehead atoms. The van der Waals surface area contributed by atoms with Crippen molar-refractivity contribution < 1.29 is 28.9 Å². The van der Waals surface area contributed by atoms with Gasteiger partial charge in [0.05, 0.1) is 33.0 Å². The molecular weight excluding hydrogens is 414 g/mol. The van der Waals surface area contributed by atoms with Crippen molar-refractivity contribution in [2.45, 2.75) is 18.6 Å². The van der Waals surface area contributed by atoms with Gasteiger partial charge < -0.3 is 24.6 Å². The molecule has 2 aromatic heterocycles. The highest BCUT2D eigenvalue weighted by atomic mass is 16.5. The minimum Gasteiger partial charge on any atom is -0.494 e. The number of ketones is 1. The van der Waals surface area contributed by atoms with Crippen molar-refractivity contribution in [3.05, 3.63) is 59.4 Å². The molecule has 3 heterocycles. The number of nitrogens with zero attached hydrogens (tertiary/aromatic N) is 2. The van der Waals surface area contributed by atoms with Gasteiger partial charge in [-0.15, -0.1) is 0 Å². The van der Waals surface area contributed by atoms with Crippen molar-refractivity contribution in [1.29, 1.82) is 0 Å². The monoisotopic (exact) mass is 437 g/mol. The average Bonchev–Trinajstić information content (AvgIpc) is 2.83. The van der Waals surface area contributed by atoms with Crippen LogP contribution in [0.15, 0.2) is 42.6 Å². The summed E-state index contributed by atoms with van der Waals surface area (Å²) in [6.45, 7) is 0.591. The number of pyridine rings is 2. The van der Waals surface area contributed by atoms with Gasteiger partial charge >= 0.3 is 0 Å². The molecule has 4 rings (SSSR count). The Balaban J connectivity index is 1.77. The summed E-state index contributed by atoms with van der Waals surface area (Å²) in [5.74, 6) is 0.00895. The van der Waals surface area contributed by atoms with Gasteiger partial charge in [-0.1, -0.05) is 12.1 Å². The van der Waals surface area contributed by atoms with Gasteiger partial charge in [-0.2, -0.15) is 0 Å². The van der Waals surface area contributed by atoms with E-state index in [0.29, 0.717) is 46.7 Å². The number of carbonyl (C=O) groups excluding carboxylic acids is 2. The van der Waals surface area contributed by atoms with E-state index in [0.717, 1.165) is 0 Å². The number of hydrogen-bond donors (Lipinski definition) is 2. The van der Waals surface area contributed by atoms with E-state index in [-0.39, 0.29) is 18.1 Å². The largest absolute Gasteiger partial charge is 0.494 e. The zero-order chi connectivity index (χ0) is 22.7. The molecule has 0 spiro atoms. The molecule has 0 radical (unpaired) electrons. The van der Waals surface area contributed by atoms with Gasteiger partial charge in [-0.05, 0) is 24.6 Å². The van der Waals surface area contributed by atoms with Crippen LogP contribution in [0.2, 0.25) is 0 Å². The molecule has 1 fully saturated rings. The topological polar surface area (TPSA) is 120 Å². The fourth-order valence-electron chi connectivity index (χ4n) is 3.62. The Bertz CT molecular complexity index is 1150. The maximum Gasteiger partial charge on any atom is 0.270 e. The fraction of sp³-hybridized carbons (Fsp3) is 0.304. The summed E-state index contributed by atoms with van der Waals surface area (Å²) < 4.78 is 15.7. The highest BCUT2D eigenvalue weighted by Crippen LogP contribution is 2.29. The second-order valence-electron chi connectivity index (χ2n) is 7.34. The minimum absolute atomic E-state index is 0.0468. The Hall–Kier alpha value is -3.56. The molecule has 2 atom stereocenters. The second-order valence-corrected chi connectivity index (χ2v) is 7.34. The standard InChI is InChI=1S/C23H23N3O6/c1-30-19-5-3-4-14-15(22(28)13-6-7-20(31-2)24-11-13)10-17(25-21(14)19)23(29)26-16-8-9-32-12-18(16)27/h3-7,10-11,16,18,27H,8-9,12H2,1-2H3,(H,26,29)/t16-,18-/m0/s1. The van der Waals surface area contributed by atoms with Gasteiger partial charge in [0, 0.05) is 35.4 Å². The van der Waals surface area contributed by atoms with Crippen LogP contribution >= 0.6 is 0 Å². The summed E-state index contributed by atoms with van der Waals surface area (Å²) in [7, 11) is 2.99. The van der Waals surface area contributed by atoms with Gasteiger partial charge in [0.25, 0.3) is 5.91 Å².